The summed E-state index contributed by atoms with van der Waals surface area (Å²) in [7, 11) is 2.13. The normalized spacial score (nSPS) is 14.5. The zero-order chi connectivity index (χ0) is 19.4. The zero-order valence-corrected chi connectivity index (χ0v) is 16.3. The van der Waals surface area contributed by atoms with Crippen molar-refractivity contribution < 1.29 is 0 Å². The summed E-state index contributed by atoms with van der Waals surface area (Å²) in [6.45, 7) is 1.80. The Kier molecular flexibility index (Phi) is 3.82. The molecule has 0 atom stereocenters. The summed E-state index contributed by atoms with van der Waals surface area (Å²) in [5, 5.41) is 9.47. The van der Waals surface area contributed by atoms with Crippen LogP contribution in [0.4, 0.5) is 10.8 Å². The first kappa shape index (κ1) is 17.1. The lowest BCUT2D eigenvalue weighted by Crippen LogP contribution is -2.28. The summed E-state index contributed by atoms with van der Waals surface area (Å²) >= 11 is 1.49. The third-order valence-corrected chi connectivity index (χ3v) is 6.28. The number of fused-ring (bicyclic) bond motifs is 4. The summed E-state index contributed by atoms with van der Waals surface area (Å²) in [6, 6.07) is 10.0. The van der Waals surface area contributed by atoms with Crippen LogP contribution in [0.2, 0.25) is 0 Å². The molecule has 0 radical (unpaired) electrons. The second-order valence-electron chi connectivity index (χ2n) is 7.25. The Labute approximate surface area is 166 Å². The van der Waals surface area contributed by atoms with Gasteiger partial charge in [-0.1, -0.05) is 17.4 Å². The van der Waals surface area contributed by atoms with Crippen LogP contribution in [0.1, 0.15) is 16.7 Å². The minimum atomic E-state index is 0.575. The lowest BCUT2D eigenvalue weighted by atomic mass is 9.89. The molecule has 1 aliphatic heterocycles. The molecule has 0 amide bonds. The van der Waals surface area contributed by atoms with Crippen molar-refractivity contribution >= 4 is 49.5 Å². The predicted octanol–water partition coefficient (Wildman–Crippen LogP) is 3.66. The van der Waals surface area contributed by atoms with Crippen molar-refractivity contribution in [2.45, 2.75) is 13.0 Å². The fourth-order valence-corrected chi connectivity index (χ4v) is 4.87. The van der Waals surface area contributed by atoms with E-state index in [1.807, 2.05) is 18.2 Å². The molecular formula is C21H20N6S. The van der Waals surface area contributed by atoms with E-state index in [1.165, 1.54) is 28.7 Å². The van der Waals surface area contributed by atoms with Gasteiger partial charge in [0.2, 0.25) is 0 Å². The fraction of sp³-hybridized carbons (Fsp3) is 0.190. The molecule has 2 aromatic carbocycles. The van der Waals surface area contributed by atoms with Gasteiger partial charge in [0.1, 0.15) is 0 Å². The number of nitrogens with one attached hydrogen (secondary N) is 1. The molecule has 5 rings (SSSR count). The van der Waals surface area contributed by atoms with Gasteiger partial charge >= 0.3 is 0 Å². The Morgan fingerprint density at radius 1 is 1.11 bits per heavy atom. The minimum Gasteiger partial charge on any atom is -0.398 e. The van der Waals surface area contributed by atoms with Gasteiger partial charge in [-0.2, -0.15) is 0 Å². The number of nitrogens with two attached hydrogens (primary N) is 2. The van der Waals surface area contributed by atoms with Crippen molar-refractivity contribution in [2.75, 3.05) is 25.1 Å². The van der Waals surface area contributed by atoms with Crippen LogP contribution >= 0.6 is 11.3 Å². The quantitative estimate of drug-likeness (QED) is 0.359. The maximum Gasteiger partial charge on any atom is 0.181 e. The van der Waals surface area contributed by atoms with Crippen LogP contribution in [0.5, 0.6) is 0 Å². The lowest BCUT2D eigenvalue weighted by Gasteiger charge is -2.28. The number of hydrogen-bond acceptors (Lipinski definition) is 7. The third kappa shape index (κ3) is 2.55. The first-order valence-electron chi connectivity index (χ1n) is 9.14. The van der Waals surface area contributed by atoms with E-state index in [0.29, 0.717) is 10.8 Å². The molecule has 0 unspecified atom stereocenters. The Hall–Kier alpha value is -3.03. The molecule has 6 nitrogen and oxygen atoms in total. The highest BCUT2D eigenvalue weighted by atomic mass is 32.1. The van der Waals surface area contributed by atoms with Crippen molar-refractivity contribution in [1.29, 1.82) is 5.41 Å². The molecule has 0 fully saturated rings. The fourth-order valence-electron chi connectivity index (χ4n) is 4.10. The van der Waals surface area contributed by atoms with Gasteiger partial charge in [-0.05, 0) is 48.9 Å². The van der Waals surface area contributed by atoms with Gasteiger partial charge in [0.25, 0.3) is 0 Å². The first-order valence-corrected chi connectivity index (χ1v) is 9.96. The monoisotopic (exact) mass is 388 g/mol. The number of benzene rings is 2. The van der Waals surface area contributed by atoms with Gasteiger partial charge in [0.15, 0.2) is 5.13 Å². The molecule has 0 bridgehead atoms. The number of nitrogens with zero attached hydrogens (tertiary/aromatic N) is 3. The highest BCUT2D eigenvalue weighted by molar-refractivity contribution is 7.22. The summed E-state index contributed by atoms with van der Waals surface area (Å²) in [5.74, 6) is 0. The average Bonchev–Trinajstić information content (AvgIpc) is 3.06. The van der Waals surface area contributed by atoms with Crippen LogP contribution in [-0.4, -0.2) is 34.7 Å². The number of rotatable bonds is 2. The third-order valence-electron chi connectivity index (χ3n) is 5.44. The molecular weight excluding hydrogens is 368 g/mol. The van der Waals surface area contributed by atoms with Crippen LogP contribution in [0.3, 0.4) is 0 Å². The van der Waals surface area contributed by atoms with Crippen molar-refractivity contribution in [1.82, 2.24) is 14.9 Å². The summed E-state index contributed by atoms with van der Waals surface area (Å²) in [6.07, 6.45) is 2.27. The van der Waals surface area contributed by atoms with Crippen LogP contribution in [0.15, 0.2) is 30.3 Å². The van der Waals surface area contributed by atoms with E-state index in [2.05, 4.69) is 29.1 Å². The van der Waals surface area contributed by atoms with E-state index in [9.17, 15) is 0 Å². The molecule has 2 aromatic heterocycles. The Morgan fingerprint density at radius 2 is 1.93 bits per heavy atom. The molecule has 0 saturated heterocycles. The van der Waals surface area contributed by atoms with E-state index in [0.717, 1.165) is 57.5 Å². The highest BCUT2D eigenvalue weighted by Crippen LogP contribution is 2.37. The molecule has 1 aliphatic rings. The zero-order valence-electron chi connectivity index (χ0n) is 15.5. The van der Waals surface area contributed by atoms with Gasteiger partial charge in [-0.25, -0.2) is 9.97 Å². The highest BCUT2D eigenvalue weighted by Gasteiger charge is 2.23. The SMILES string of the molecule is CN1CCc2c(c(-c3ccc4nc(N)sc4c3)nc3ccc(N)c(C=N)c23)C1. The maximum atomic E-state index is 7.87. The van der Waals surface area contributed by atoms with E-state index in [-0.39, 0.29) is 0 Å². The number of aromatic nitrogens is 2. The number of likely N-dealkylation sites (N-methyl/N-ethyl adjacent to an activating group) is 1. The molecule has 0 aliphatic carbocycles. The Balaban J connectivity index is 1.84. The van der Waals surface area contributed by atoms with Crippen molar-refractivity contribution in [2.24, 2.45) is 0 Å². The average molecular weight is 389 g/mol. The number of nitrogen functional groups attached to an aromatic ring is 2. The molecule has 7 heteroatoms. The van der Waals surface area contributed by atoms with Gasteiger partial charge in [0.05, 0.1) is 21.4 Å². The molecule has 5 N–H and O–H groups in total. The number of thiazole rings is 1. The molecule has 4 aromatic rings. The molecule has 0 spiro atoms. The van der Waals surface area contributed by atoms with Crippen molar-refractivity contribution in [3.63, 3.8) is 0 Å². The second-order valence-corrected chi connectivity index (χ2v) is 8.31. The van der Waals surface area contributed by atoms with Crippen LogP contribution in [-0.2, 0) is 13.0 Å². The first-order chi connectivity index (χ1) is 13.5. The number of anilines is 2. The predicted molar refractivity (Wildman–Crippen MR) is 117 cm³/mol. The standard InChI is InChI=1S/C21H20N6S/c1-27-7-6-12-14(10-27)20(11-2-4-16-18(8-11)28-21(24)26-16)25-17-5-3-15(23)13(9-22)19(12)17/h2-5,8-9,22H,6-7,10,23H2,1H3,(H2,24,26). The van der Waals surface area contributed by atoms with Gasteiger partial charge in [0, 0.05) is 41.5 Å². The van der Waals surface area contributed by atoms with E-state index in [4.69, 9.17) is 21.9 Å². The Bertz CT molecular complexity index is 1260. The van der Waals surface area contributed by atoms with Crippen molar-refractivity contribution in [3.05, 3.63) is 47.0 Å². The van der Waals surface area contributed by atoms with Gasteiger partial charge in [-0.3, -0.25) is 0 Å². The summed E-state index contributed by atoms with van der Waals surface area (Å²) in [5.41, 5.74) is 19.8. The summed E-state index contributed by atoms with van der Waals surface area (Å²) < 4.78 is 1.06. The Morgan fingerprint density at radius 3 is 2.75 bits per heavy atom. The molecule has 140 valence electrons. The van der Waals surface area contributed by atoms with Gasteiger partial charge < -0.3 is 21.8 Å². The minimum absolute atomic E-state index is 0.575. The lowest BCUT2D eigenvalue weighted by molar-refractivity contribution is 0.314. The molecule has 3 heterocycles. The second kappa shape index (κ2) is 6.25. The van der Waals surface area contributed by atoms with E-state index >= 15 is 0 Å². The molecule has 28 heavy (non-hydrogen) atoms. The van der Waals surface area contributed by atoms with Crippen LogP contribution < -0.4 is 11.5 Å². The molecule has 0 saturated carbocycles. The van der Waals surface area contributed by atoms with E-state index in [1.54, 1.807) is 0 Å². The number of pyridine rings is 1. The summed E-state index contributed by atoms with van der Waals surface area (Å²) in [4.78, 5) is 11.7. The van der Waals surface area contributed by atoms with Crippen molar-refractivity contribution in [3.8, 4) is 11.3 Å². The topological polar surface area (TPSA) is 105 Å². The van der Waals surface area contributed by atoms with E-state index < -0.39 is 0 Å². The number of hydrogen-bond donors (Lipinski definition) is 3. The maximum absolute atomic E-state index is 7.87. The van der Waals surface area contributed by atoms with Gasteiger partial charge in [-0.15, -0.1) is 0 Å². The smallest absolute Gasteiger partial charge is 0.181 e. The van der Waals surface area contributed by atoms with Crippen LogP contribution in [0.25, 0.3) is 32.4 Å². The van der Waals surface area contributed by atoms with Crippen LogP contribution in [0, 0.1) is 5.41 Å². The largest absolute Gasteiger partial charge is 0.398 e.